The van der Waals surface area contributed by atoms with Crippen molar-refractivity contribution in [2.75, 3.05) is 72.8 Å². The number of ether oxygens (including phenoxy) is 5. The second-order valence-electron chi connectivity index (χ2n) is 18.3. The number of nitrogens with zero attached hydrogens (tertiary/aromatic N) is 7. The Labute approximate surface area is 373 Å². The van der Waals surface area contributed by atoms with Crippen LogP contribution in [0.4, 0.5) is 53.6 Å². The van der Waals surface area contributed by atoms with Crippen LogP contribution in [-0.2, 0) is 14.2 Å². The van der Waals surface area contributed by atoms with Crippen LogP contribution in [0.1, 0.15) is 81.6 Å². The van der Waals surface area contributed by atoms with Gasteiger partial charge in [-0.3, -0.25) is 4.90 Å². The number of piperidine rings is 1. The molecule has 19 heteroatoms. The highest BCUT2D eigenvalue weighted by molar-refractivity contribution is 6.43. The van der Waals surface area contributed by atoms with Crippen LogP contribution in [0.25, 0.3) is 0 Å². The van der Waals surface area contributed by atoms with Crippen molar-refractivity contribution in [2.45, 2.75) is 98.4 Å². The molecule has 2 aliphatic rings. The molecule has 5 rings (SSSR count). The molecule has 0 aliphatic carbocycles. The summed E-state index contributed by atoms with van der Waals surface area (Å²) in [5.41, 5.74) is 5.40. The Hall–Kier alpha value is -5.42. The van der Waals surface area contributed by atoms with Gasteiger partial charge in [0.25, 0.3) is 0 Å². The third-order valence-electron chi connectivity index (χ3n) is 10.1. The van der Waals surface area contributed by atoms with Crippen LogP contribution in [0.3, 0.4) is 0 Å². The van der Waals surface area contributed by atoms with Gasteiger partial charge in [0.05, 0.1) is 25.6 Å². The van der Waals surface area contributed by atoms with Crippen molar-refractivity contribution in [1.82, 2.24) is 14.9 Å². The van der Waals surface area contributed by atoms with Crippen LogP contribution < -0.4 is 34.8 Å². The van der Waals surface area contributed by atoms with Crippen LogP contribution >= 0.6 is 23.2 Å². The van der Waals surface area contributed by atoms with E-state index in [0.29, 0.717) is 18.0 Å². The number of amides is 5. The first-order valence-corrected chi connectivity index (χ1v) is 20.9. The Morgan fingerprint density at radius 1 is 0.742 bits per heavy atom. The molecule has 62 heavy (non-hydrogen) atoms. The fourth-order valence-electron chi connectivity index (χ4n) is 7.15. The van der Waals surface area contributed by atoms with Crippen LogP contribution in [-0.4, -0.2) is 103 Å². The van der Waals surface area contributed by atoms with Crippen molar-refractivity contribution in [3.05, 3.63) is 46.7 Å². The molecule has 0 atom stereocenters. The normalized spacial score (nSPS) is 15.2. The van der Waals surface area contributed by atoms with E-state index in [1.807, 2.05) is 26.8 Å². The zero-order valence-corrected chi connectivity index (χ0v) is 39.1. The zero-order chi connectivity index (χ0) is 46.1. The molecule has 3 aromatic rings. The second kappa shape index (κ2) is 18.1. The molecule has 1 aromatic heterocycles. The highest BCUT2D eigenvalue weighted by Gasteiger charge is 2.43. The number of halogens is 2. The summed E-state index contributed by atoms with van der Waals surface area (Å²) < 4.78 is 27.9. The van der Waals surface area contributed by atoms with Crippen LogP contribution in [0, 0.1) is 5.41 Å². The van der Waals surface area contributed by atoms with Gasteiger partial charge in [-0.05, 0) is 105 Å². The van der Waals surface area contributed by atoms with Crippen LogP contribution in [0.2, 0.25) is 10.0 Å². The molecule has 0 bridgehead atoms. The molecule has 2 aliphatic heterocycles. The number of anilines is 6. The van der Waals surface area contributed by atoms with E-state index in [1.54, 1.807) is 58.6 Å². The van der Waals surface area contributed by atoms with Crippen molar-refractivity contribution in [2.24, 2.45) is 5.41 Å². The molecular formula is C43H58Cl2N8O9. The van der Waals surface area contributed by atoms with Crippen LogP contribution in [0.15, 0.2) is 36.7 Å². The predicted molar refractivity (Wildman–Crippen MR) is 240 cm³/mol. The van der Waals surface area contributed by atoms with E-state index in [0.717, 1.165) is 49.3 Å². The molecule has 2 fully saturated rings. The van der Waals surface area contributed by atoms with Crippen molar-refractivity contribution in [3.63, 3.8) is 0 Å². The first-order valence-electron chi connectivity index (χ1n) is 20.2. The number of hydrogen-bond acceptors (Lipinski definition) is 13. The van der Waals surface area contributed by atoms with Gasteiger partial charge in [0, 0.05) is 51.0 Å². The van der Waals surface area contributed by atoms with Gasteiger partial charge in [0.2, 0.25) is 0 Å². The molecule has 0 saturated carbocycles. The van der Waals surface area contributed by atoms with E-state index >= 15 is 0 Å². The molecule has 0 radical (unpaired) electrons. The Kier molecular flexibility index (Phi) is 13.9. The average Bonchev–Trinajstić information content (AvgIpc) is 3.58. The van der Waals surface area contributed by atoms with E-state index in [4.69, 9.17) is 52.6 Å². The van der Waals surface area contributed by atoms with Gasteiger partial charge in [-0.2, -0.15) is 4.90 Å². The molecule has 1 spiro atoms. The third-order valence-corrected chi connectivity index (χ3v) is 10.9. The Balaban J connectivity index is 1.47. The number of nitrogens with two attached hydrogens (primary N) is 1. The lowest BCUT2D eigenvalue weighted by molar-refractivity contribution is 0.0121. The SMILES string of the molecule is COc1cc(OC)c(Cl)c(N(C(=O)OC(C)(C)C)C(=O)N(C)c2cc(N(C(=O)OC(C)(C)C)c3ccc(N4CCC5(CCN(C(=O)OC(C)(C)C)CC5)C4)cc3N)ncn2)c1Cl. The van der Waals surface area contributed by atoms with Gasteiger partial charge in [-0.1, -0.05) is 23.2 Å². The lowest BCUT2D eigenvalue weighted by atomic mass is 9.78. The fourth-order valence-corrected chi connectivity index (χ4v) is 7.82. The first-order chi connectivity index (χ1) is 28.8. The largest absolute Gasteiger partial charge is 0.495 e. The molecule has 2 saturated heterocycles. The minimum absolute atomic E-state index is 0.00292. The maximum absolute atomic E-state index is 14.5. The number of aromatic nitrogens is 2. The van der Waals surface area contributed by atoms with Crippen molar-refractivity contribution in [1.29, 1.82) is 0 Å². The Morgan fingerprint density at radius 3 is 1.81 bits per heavy atom. The predicted octanol–water partition coefficient (Wildman–Crippen LogP) is 9.68. The first kappa shape index (κ1) is 47.6. The summed E-state index contributed by atoms with van der Waals surface area (Å²) in [6.45, 7) is 18.5. The van der Waals surface area contributed by atoms with E-state index in [9.17, 15) is 19.2 Å². The quantitative estimate of drug-likeness (QED) is 0.175. The van der Waals surface area contributed by atoms with Crippen LogP contribution in [0.5, 0.6) is 11.5 Å². The lowest BCUT2D eigenvalue weighted by Gasteiger charge is -2.39. The maximum atomic E-state index is 14.5. The second-order valence-corrected chi connectivity index (χ2v) is 19.1. The summed E-state index contributed by atoms with van der Waals surface area (Å²) >= 11 is 13.4. The van der Waals surface area contributed by atoms with E-state index < -0.39 is 35.0 Å². The number of imide groups is 1. The number of likely N-dealkylation sites (tertiary alicyclic amines) is 1. The smallest absolute Gasteiger partial charge is 0.423 e. The molecule has 17 nitrogen and oxygen atoms in total. The number of carbonyl (C=O) groups is 4. The summed E-state index contributed by atoms with van der Waals surface area (Å²) in [6, 6.07) is 7.18. The lowest BCUT2D eigenvalue weighted by Crippen LogP contribution is -2.48. The van der Waals surface area contributed by atoms with Crippen molar-refractivity contribution < 1.29 is 42.9 Å². The monoisotopic (exact) mass is 900 g/mol. The number of carbonyl (C=O) groups excluding carboxylic acids is 4. The number of hydrogen-bond donors (Lipinski definition) is 1. The van der Waals surface area contributed by atoms with Gasteiger partial charge < -0.3 is 39.2 Å². The number of nitrogen functional groups attached to an aromatic ring is 1. The summed E-state index contributed by atoms with van der Waals surface area (Å²) in [6.07, 6.45) is 1.59. The van der Waals surface area contributed by atoms with E-state index in [2.05, 4.69) is 14.9 Å². The Morgan fingerprint density at radius 2 is 1.27 bits per heavy atom. The van der Waals surface area contributed by atoms with Crippen molar-refractivity contribution in [3.8, 4) is 11.5 Å². The average molecular weight is 902 g/mol. The third kappa shape index (κ3) is 11.0. The minimum atomic E-state index is -1.11. The topological polar surface area (TPSA) is 182 Å². The van der Waals surface area contributed by atoms with Gasteiger partial charge in [0.15, 0.2) is 0 Å². The molecule has 0 unspecified atom stereocenters. The van der Waals surface area contributed by atoms with Gasteiger partial charge in [0.1, 0.15) is 62.0 Å². The molecule has 5 amide bonds. The van der Waals surface area contributed by atoms with Gasteiger partial charge in [-0.15, -0.1) is 0 Å². The van der Waals surface area contributed by atoms with Gasteiger partial charge in [-0.25, -0.2) is 34.0 Å². The number of benzene rings is 2. The number of rotatable bonds is 7. The number of urea groups is 1. The zero-order valence-electron chi connectivity index (χ0n) is 37.6. The highest BCUT2D eigenvalue weighted by Crippen LogP contribution is 2.47. The maximum Gasteiger partial charge on any atom is 0.423 e. The van der Waals surface area contributed by atoms with E-state index in [-0.39, 0.29) is 61.8 Å². The minimum Gasteiger partial charge on any atom is -0.495 e. The summed E-state index contributed by atoms with van der Waals surface area (Å²) in [4.78, 5) is 70.8. The number of methoxy groups -OCH3 is 2. The molecule has 3 heterocycles. The molecular weight excluding hydrogens is 843 g/mol. The van der Waals surface area contributed by atoms with E-state index in [1.165, 1.54) is 38.3 Å². The molecule has 2 N–H and O–H groups in total. The molecule has 2 aromatic carbocycles. The summed E-state index contributed by atoms with van der Waals surface area (Å²) in [5, 5.41) is -0.339. The summed E-state index contributed by atoms with van der Waals surface area (Å²) in [7, 11) is 4.06. The van der Waals surface area contributed by atoms with Gasteiger partial charge >= 0.3 is 24.3 Å². The Bertz CT molecular complexity index is 2150. The fraction of sp³-hybridized carbons (Fsp3) is 0.535. The summed E-state index contributed by atoms with van der Waals surface area (Å²) in [5.74, 6) is 0.0955. The molecule has 338 valence electrons. The van der Waals surface area contributed by atoms with Crippen molar-refractivity contribution >= 4 is 81.9 Å². The standard InChI is InChI=1S/C43H58Cl2N8O9/c1-40(2,3)60-37(55)50-18-15-43(16-19-50)17-20-51(24-43)26-13-14-28(27(46)21-26)52(38(56)61-41(4,5)6)32-23-31(47-25-48-32)49(10)36(54)53(39(57)62-42(7,8)9)35-33(44)29(58-11)22-30(59-12)34(35)45/h13-14,21-23,25H,15-20,24,46H2,1-12H3. The highest BCUT2D eigenvalue weighted by atomic mass is 35.5.